The highest BCUT2D eigenvalue weighted by Crippen LogP contribution is 2.22. The zero-order valence-electron chi connectivity index (χ0n) is 9.08. The van der Waals surface area contributed by atoms with Crippen LogP contribution >= 0.6 is 0 Å². The first kappa shape index (κ1) is 11.1. The number of benzene rings is 1. The van der Waals surface area contributed by atoms with E-state index < -0.39 is 5.97 Å². The summed E-state index contributed by atoms with van der Waals surface area (Å²) in [7, 11) is 0. The zero-order chi connectivity index (χ0) is 12.3. The standard InChI is InChI=1S/C11H10N2O4/c1-7-8(11(14)15)3-2-4-9(7)16-5-10-12-6-13-17-10/h2-4,6H,5H2,1H3,(H,14,15). The molecule has 1 N–H and O–H groups in total. The number of aromatic carboxylic acids is 1. The summed E-state index contributed by atoms with van der Waals surface area (Å²) in [6.45, 7) is 1.80. The molecule has 88 valence electrons. The van der Waals surface area contributed by atoms with E-state index in [4.69, 9.17) is 14.4 Å². The molecule has 0 aliphatic rings. The van der Waals surface area contributed by atoms with E-state index in [9.17, 15) is 4.79 Å². The molecule has 0 saturated carbocycles. The smallest absolute Gasteiger partial charge is 0.336 e. The Kier molecular flexibility index (Phi) is 3.04. The lowest BCUT2D eigenvalue weighted by molar-refractivity contribution is 0.0695. The number of hydrogen-bond donors (Lipinski definition) is 1. The largest absolute Gasteiger partial charge is 0.483 e. The van der Waals surface area contributed by atoms with E-state index >= 15 is 0 Å². The van der Waals surface area contributed by atoms with Crippen LogP contribution in [-0.4, -0.2) is 21.2 Å². The van der Waals surface area contributed by atoms with Crippen molar-refractivity contribution in [1.82, 2.24) is 10.1 Å². The first-order valence-electron chi connectivity index (χ1n) is 4.89. The van der Waals surface area contributed by atoms with Crippen molar-refractivity contribution in [3.05, 3.63) is 41.5 Å². The maximum absolute atomic E-state index is 10.9. The zero-order valence-corrected chi connectivity index (χ0v) is 9.08. The Bertz CT molecular complexity index is 522. The van der Waals surface area contributed by atoms with Gasteiger partial charge in [-0.05, 0) is 19.1 Å². The molecule has 6 heteroatoms. The molecule has 0 fully saturated rings. The summed E-state index contributed by atoms with van der Waals surface area (Å²) in [6, 6.07) is 4.84. The predicted molar refractivity (Wildman–Crippen MR) is 56.8 cm³/mol. The lowest BCUT2D eigenvalue weighted by Gasteiger charge is -2.08. The summed E-state index contributed by atoms with van der Waals surface area (Å²) in [5.74, 6) is -0.154. The van der Waals surface area contributed by atoms with Crippen LogP contribution in [-0.2, 0) is 6.61 Å². The number of carbonyl (C=O) groups is 1. The maximum atomic E-state index is 10.9. The Morgan fingerprint density at radius 3 is 3.00 bits per heavy atom. The maximum Gasteiger partial charge on any atom is 0.336 e. The summed E-state index contributed by atoms with van der Waals surface area (Å²) in [4.78, 5) is 14.7. The molecule has 2 rings (SSSR count). The average molecular weight is 234 g/mol. The average Bonchev–Trinajstić information content (AvgIpc) is 2.80. The van der Waals surface area contributed by atoms with Crippen LogP contribution in [0.25, 0.3) is 0 Å². The van der Waals surface area contributed by atoms with E-state index in [0.717, 1.165) is 0 Å². The van der Waals surface area contributed by atoms with E-state index in [1.807, 2.05) is 0 Å². The monoisotopic (exact) mass is 234 g/mol. The van der Waals surface area contributed by atoms with Gasteiger partial charge in [0.1, 0.15) is 5.75 Å². The fraction of sp³-hybridized carbons (Fsp3) is 0.182. The third kappa shape index (κ3) is 2.41. The molecule has 0 saturated heterocycles. The molecule has 0 amide bonds. The fourth-order valence-corrected chi connectivity index (χ4v) is 1.40. The predicted octanol–water partition coefficient (Wildman–Crippen LogP) is 1.66. The van der Waals surface area contributed by atoms with Gasteiger partial charge in [-0.1, -0.05) is 11.2 Å². The van der Waals surface area contributed by atoms with Gasteiger partial charge in [0.15, 0.2) is 12.9 Å². The summed E-state index contributed by atoms with van der Waals surface area (Å²) in [6.07, 6.45) is 1.28. The van der Waals surface area contributed by atoms with Crippen LogP contribution in [0.15, 0.2) is 29.0 Å². The molecule has 0 aliphatic heterocycles. The van der Waals surface area contributed by atoms with Gasteiger partial charge in [-0.15, -0.1) is 0 Å². The number of aromatic nitrogens is 2. The van der Waals surface area contributed by atoms with Gasteiger partial charge in [0, 0.05) is 5.56 Å². The molecule has 0 unspecified atom stereocenters. The Hall–Kier alpha value is -2.37. The Morgan fingerprint density at radius 2 is 2.35 bits per heavy atom. The van der Waals surface area contributed by atoms with Crippen molar-refractivity contribution in [3.63, 3.8) is 0 Å². The third-order valence-electron chi connectivity index (χ3n) is 2.27. The number of carboxylic acid groups (broad SMARTS) is 1. The van der Waals surface area contributed by atoms with Gasteiger partial charge >= 0.3 is 5.97 Å². The highest BCUT2D eigenvalue weighted by Gasteiger charge is 2.11. The number of ether oxygens (including phenoxy) is 1. The molecule has 0 radical (unpaired) electrons. The van der Waals surface area contributed by atoms with Crippen molar-refractivity contribution in [1.29, 1.82) is 0 Å². The van der Waals surface area contributed by atoms with Crippen LogP contribution in [0.5, 0.6) is 5.75 Å². The van der Waals surface area contributed by atoms with E-state index in [1.54, 1.807) is 19.1 Å². The van der Waals surface area contributed by atoms with Gasteiger partial charge in [0.25, 0.3) is 5.89 Å². The highest BCUT2D eigenvalue weighted by atomic mass is 16.5. The minimum absolute atomic E-state index is 0.115. The van der Waals surface area contributed by atoms with Crippen molar-refractivity contribution >= 4 is 5.97 Å². The highest BCUT2D eigenvalue weighted by molar-refractivity contribution is 5.90. The molecule has 1 aromatic carbocycles. The van der Waals surface area contributed by atoms with Gasteiger partial charge < -0.3 is 14.4 Å². The van der Waals surface area contributed by atoms with E-state index in [2.05, 4.69) is 10.1 Å². The number of nitrogens with zero attached hydrogens (tertiary/aromatic N) is 2. The minimum Gasteiger partial charge on any atom is -0.483 e. The fourth-order valence-electron chi connectivity index (χ4n) is 1.40. The normalized spacial score (nSPS) is 10.2. The second kappa shape index (κ2) is 4.65. The van der Waals surface area contributed by atoms with E-state index in [1.165, 1.54) is 12.4 Å². The van der Waals surface area contributed by atoms with Crippen LogP contribution in [0, 0.1) is 6.92 Å². The van der Waals surface area contributed by atoms with E-state index in [-0.39, 0.29) is 12.2 Å². The number of rotatable bonds is 4. The first-order valence-corrected chi connectivity index (χ1v) is 4.89. The van der Waals surface area contributed by atoms with Gasteiger partial charge in [0.2, 0.25) is 0 Å². The lowest BCUT2D eigenvalue weighted by Crippen LogP contribution is -2.03. The van der Waals surface area contributed by atoms with Crippen molar-refractivity contribution in [2.75, 3.05) is 0 Å². The topological polar surface area (TPSA) is 85.5 Å². The summed E-state index contributed by atoms with van der Waals surface area (Å²) in [5, 5.41) is 12.4. The molecule has 0 spiro atoms. The van der Waals surface area contributed by atoms with Crippen molar-refractivity contribution < 1.29 is 19.2 Å². The molecule has 17 heavy (non-hydrogen) atoms. The molecule has 0 atom stereocenters. The quantitative estimate of drug-likeness (QED) is 0.865. The van der Waals surface area contributed by atoms with Gasteiger partial charge in [-0.3, -0.25) is 0 Å². The van der Waals surface area contributed by atoms with Crippen LogP contribution < -0.4 is 4.74 Å². The van der Waals surface area contributed by atoms with Gasteiger partial charge in [-0.25, -0.2) is 4.79 Å². The Labute approximate surface area is 96.8 Å². The third-order valence-corrected chi connectivity index (χ3v) is 2.27. The van der Waals surface area contributed by atoms with Crippen LogP contribution in [0.2, 0.25) is 0 Å². The van der Waals surface area contributed by atoms with Crippen molar-refractivity contribution in [2.24, 2.45) is 0 Å². The number of hydrogen-bond acceptors (Lipinski definition) is 5. The molecule has 0 bridgehead atoms. The number of carboxylic acids is 1. The second-order valence-electron chi connectivity index (χ2n) is 3.36. The summed E-state index contributed by atoms with van der Waals surface area (Å²) >= 11 is 0. The molecule has 1 aromatic heterocycles. The molecule has 2 aromatic rings. The summed E-state index contributed by atoms with van der Waals surface area (Å²) < 4.78 is 10.2. The Morgan fingerprint density at radius 1 is 1.53 bits per heavy atom. The van der Waals surface area contributed by atoms with Crippen LogP contribution in [0.4, 0.5) is 0 Å². The SMILES string of the molecule is Cc1c(OCc2ncno2)cccc1C(=O)O. The second-order valence-corrected chi connectivity index (χ2v) is 3.36. The molecular formula is C11H10N2O4. The molecule has 6 nitrogen and oxygen atoms in total. The molecule has 1 heterocycles. The van der Waals surface area contributed by atoms with Crippen LogP contribution in [0.1, 0.15) is 21.8 Å². The first-order chi connectivity index (χ1) is 8.18. The van der Waals surface area contributed by atoms with E-state index in [0.29, 0.717) is 17.2 Å². The minimum atomic E-state index is -0.981. The molecule has 0 aliphatic carbocycles. The van der Waals surface area contributed by atoms with Crippen molar-refractivity contribution in [2.45, 2.75) is 13.5 Å². The lowest BCUT2D eigenvalue weighted by atomic mass is 10.1. The van der Waals surface area contributed by atoms with Gasteiger partial charge in [-0.2, -0.15) is 4.98 Å². The summed E-state index contributed by atoms with van der Waals surface area (Å²) in [5.41, 5.74) is 0.785. The van der Waals surface area contributed by atoms with Crippen LogP contribution in [0.3, 0.4) is 0 Å². The Balaban J connectivity index is 2.16. The van der Waals surface area contributed by atoms with Gasteiger partial charge in [0.05, 0.1) is 5.56 Å². The van der Waals surface area contributed by atoms with Crippen molar-refractivity contribution in [3.8, 4) is 5.75 Å². The molecular weight excluding hydrogens is 224 g/mol.